The summed E-state index contributed by atoms with van der Waals surface area (Å²) in [4.78, 5) is 33.4. The van der Waals surface area contributed by atoms with E-state index in [1.807, 2.05) is 24.3 Å². The lowest BCUT2D eigenvalue weighted by atomic mass is 9.86. The first-order valence-corrected chi connectivity index (χ1v) is 10.4. The molecule has 3 heterocycles. The second kappa shape index (κ2) is 7.94. The van der Waals surface area contributed by atoms with Crippen molar-refractivity contribution < 1.29 is 19.5 Å². The number of ether oxygens (including phenoxy) is 1. The molecule has 2 aromatic carbocycles. The molecule has 2 aliphatic heterocycles. The summed E-state index contributed by atoms with van der Waals surface area (Å²) in [6.45, 7) is 0.719. The van der Waals surface area contributed by atoms with Crippen molar-refractivity contribution >= 4 is 28.4 Å². The Balaban J connectivity index is 1.64. The molecule has 2 unspecified atom stereocenters. The van der Waals surface area contributed by atoms with E-state index in [1.54, 1.807) is 29.0 Å². The predicted molar refractivity (Wildman–Crippen MR) is 117 cm³/mol. The van der Waals surface area contributed by atoms with Gasteiger partial charge in [-0.15, -0.1) is 0 Å². The number of aromatic nitrogens is 1. The third-order valence-corrected chi connectivity index (χ3v) is 6.34. The van der Waals surface area contributed by atoms with E-state index in [9.17, 15) is 20.0 Å². The Bertz CT molecular complexity index is 1170. The van der Waals surface area contributed by atoms with Gasteiger partial charge in [-0.3, -0.25) is 14.8 Å². The van der Waals surface area contributed by atoms with E-state index in [2.05, 4.69) is 4.98 Å². The molecule has 0 aliphatic carbocycles. The smallest absolute Gasteiger partial charge is 0.246 e. The summed E-state index contributed by atoms with van der Waals surface area (Å²) in [5.74, 6) is -0.239. The van der Waals surface area contributed by atoms with Gasteiger partial charge in [-0.05, 0) is 29.3 Å². The summed E-state index contributed by atoms with van der Waals surface area (Å²) >= 11 is 0. The van der Waals surface area contributed by atoms with Gasteiger partial charge < -0.3 is 30.0 Å². The van der Waals surface area contributed by atoms with E-state index in [0.29, 0.717) is 19.6 Å². The molecule has 1 aromatic heterocycles. The number of nitrogens with zero attached hydrogens (tertiary/aromatic N) is 3. The molecule has 2 N–H and O–H groups in total. The molecule has 3 aromatic rings. The summed E-state index contributed by atoms with van der Waals surface area (Å²) in [6, 6.07) is 13.1. The van der Waals surface area contributed by atoms with E-state index in [0.717, 1.165) is 27.7 Å². The maximum Gasteiger partial charge on any atom is 0.246 e. The van der Waals surface area contributed by atoms with Gasteiger partial charge in [0.1, 0.15) is 6.04 Å². The van der Waals surface area contributed by atoms with Crippen LogP contribution in [0.5, 0.6) is 0 Å². The summed E-state index contributed by atoms with van der Waals surface area (Å²) in [6.07, 6.45) is 0.424. The molecule has 9 nitrogen and oxygen atoms in total. The number of hydrogen-bond donors (Lipinski definition) is 2. The number of amides is 2. The van der Waals surface area contributed by atoms with Crippen LogP contribution in [0.1, 0.15) is 22.9 Å². The summed E-state index contributed by atoms with van der Waals surface area (Å²) < 4.78 is 5.11. The van der Waals surface area contributed by atoms with Crippen molar-refractivity contribution in [2.45, 2.75) is 18.5 Å². The van der Waals surface area contributed by atoms with Crippen LogP contribution in [0, 0.1) is 5.21 Å². The van der Waals surface area contributed by atoms with Gasteiger partial charge in [0.25, 0.3) is 0 Å². The quantitative estimate of drug-likeness (QED) is 0.594. The first-order chi connectivity index (χ1) is 15.5. The highest BCUT2D eigenvalue weighted by molar-refractivity contribution is 5.97. The van der Waals surface area contributed by atoms with E-state index >= 15 is 0 Å². The molecular formula is C23H23N4O5-. The zero-order chi connectivity index (χ0) is 22.4. The molecule has 0 saturated carbocycles. The first kappa shape index (κ1) is 20.5. The van der Waals surface area contributed by atoms with Gasteiger partial charge in [0.2, 0.25) is 11.8 Å². The molecule has 5 rings (SSSR count). The maximum atomic E-state index is 13.4. The van der Waals surface area contributed by atoms with Crippen LogP contribution < -0.4 is 5.23 Å². The average Bonchev–Trinajstić information content (AvgIpc) is 3.17. The van der Waals surface area contributed by atoms with Crippen molar-refractivity contribution in [3.05, 3.63) is 70.6 Å². The fourth-order valence-electron chi connectivity index (χ4n) is 4.84. The molecule has 0 bridgehead atoms. The minimum absolute atomic E-state index is 0.00613. The monoisotopic (exact) mass is 435 g/mol. The third kappa shape index (κ3) is 3.22. The molecule has 9 heteroatoms. The number of carbonyl (C=O) groups is 2. The number of para-hydroxylation sites is 1. The first-order valence-electron chi connectivity index (χ1n) is 10.4. The number of hydrogen-bond acceptors (Lipinski definition) is 6. The van der Waals surface area contributed by atoms with Gasteiger partial charge in [-0.25, -0.2) is 0 Å². The van der Waals surface area contributed by atoms with Crippen LogP contribution in [0.2, 0.25) is 0 Å². The lowest BCUT2D eigenvalue weighted by molar-refractivity contribution is -0.159. The Morgan fingerprint density at radius 2 is 1.94 bits per heavy atom. The zero-order valence-corrected chi connectivity index (χ0v) is 17.5. The van der Waals surface area contributed by atoms with Gasteiger partial charge >= 0.3 is 0 Å². The topological polar surface area (TPSA) is 112 Å². The highest BCUT2D eigenvalue weighted by atomic mass is 16.8. The predicted octanol–water partition coefficient (Wildman–Crippen LogP) is 2.19. The van der Waals surface area contributed by atoms with Crippen LogP contribution >= 0.6 is 0 Å². The largest absolute Gasteiger partial charge is 0.733 e. The molecule has 2 aliphatic rings. The lowest BCUT2D eigenvalue weighted by Crippen LogP contribution is -2.63. The van der Waals surface area contributed by atoms with Crippen molar-refractivity contribution in [3.63, 3.8) is 0 Å². The number of nitrogens with one attached hydrogen (secondary N) is 1. The summed E-state index contributed by atoms with van der Waals surface area (Å²) in [5, 5.41) is 21.2. The summed E-state index contributed by atoms with van der Waals surface area (Å²) in [5.41, 5.74) is 3.66. The fourth-order valence-corrected chi connectivity index (χ4v) is 4.84. The Hall–Kier alpha value is -3.40. The molecule has 2 atom stereocenters. The van der Waals surface area contributed by atoms with Gasteiger partial charge in [0.15, 0.2) is 0 Å². The van der Waals surface area contributed by atoms with Crippen LogP contribution in [0.3, 0.4) is 0 Å². The Morgan fingerprint density at radius 3 is 2.66 bits per heavy atom. The number of fused-ring (bicyclic) bond motifs is 4. The number of H-pyrrole nitrogens is 1. The van der Waals surface area contributed by atoms with Gasteiger partial charge in [-0.1, -0.05) is 30.3 Å². The van der Waals surface area contributed by atoms with Crippen molar-refractivity contribution in [2.75, 3.05) is 32.0 Å². The fraction of sp³-hybridized carbons (Fsp3) is 0.304. The molecule has 0 spiro atoms. The number of benzene rings is 2. The van der Waals surface area contributed by atoms with E-state index in [1.165, 1.54) is 12.1 Å². The Morgan fingerprint density at radius 1 is 1.19 bits per heavy atom. The maximum absolute atomic E-state index is 13.4. The van der Waals surface area contributed by atoms with Crippen molar-refractivity contribution in [3.8, 4) is 0 Å². The van der Waals surface area contributed by atoms with Crippen molar-refractivity contribution in [1.29, 1.82) is 0 Å². The number of rotatable bonds is 5. The number of methoxy groups -OCH3 is 1. The van der Waals surface area contributed by atoms with Crippen molar-refractivity contribution in [1.82, 2.24) is 14.8 Å². The van der Waals surface area contributed by atoms with Gasteiger partial charge in [0, 0.05) is 36.7 Å². The number of carbonyl (C=O) groups excluding carboxylic acids is 2. The van der Waals surface area contributed by atoms with Crippen LogP contribution in [-0.4, -0.2) is 64.7 Å². The Labute approximate surface area is 184 Å². The van der Waals surface area contributed by atoms with Crippen LogP contribution in [0.4, 0.5) is 5.69 Å². The zero-order valence-electron chi connectivity index (χ0n) is 17.5. The molecule has 0 radical (unpaired) electrons. The highest BCUT2D eigenvalue weighted by Gasteiger charge is 2.48. The third-order valence-electron chi connectivity index (χ3n) is 6.34. The molecular weight excluding hydrogens is 412 g/mol. The average molecular weight is 435 g/mol. The molecule has 32 heavy (non-hydrogen) atoms. The van der Waals surface area contributed by atoms with Gasteiger partial charge in [-0.2, -0.15) is 0 Å². The normalized spacial score (nSPS) is 20.5. The number of aromatic amines is 1. The standard InChI is InChI=1S/C23H23N4O5/c1-32-11-10-25-13-20(28)26-19(23(25)29)12-17-16-4-2-3-5-18(16)24-21(17)22(26)14-6-8-15(9-7-14)27(30)31/h2-9,19,22,24,30H,10-13H2,1H3/q-1. The highest BCUT2D eigenvalue weighted by Crippen LogP contribution is 2.42. The minimum Gasteiger partial charge on any atom is -0.733 e. The summed E-state index contributed by atoms with van der Waals surface area (Å²) in [7, 11) is 1.57. The van der Waals surface area contributed by atoms with Crippen LogP contribution in [0.15, 0.2) is 48.5 Å². The minimum atomic E-state index is -0.627. The van der Waals surface area contributed by atoms with Crippen LogP contribution in [0.25, 0.3) is 10.9 Å². The molecule has 1 saturated heterocycles. The second-order valence-electron chi connectivity index (χ2n) is 8.10. The van der Waals surface area contributed by atoms with E-state index in [4.69, 9.17) is 4.74 Å². The van der Waals surface area contributed by atoms with Gasteiger partial charge in [0.05, 0.1) is 24.9 Å². The van der Waals surface area contributed by atoms with Crippen molar-refractivity contribution in [2.24, 2.45) is 0 Å². The number of piperazine rings is 1. The number of anilines is 1. The van der Waals surface area contributed by atoms with E-state index < -0.39 is 12.1 Å². The SMILES string of the molecule is COCCN1CC(=O)N2C(Cc3c([nH]c4ccccc34)C2c2ccc(N([O-])O)cc2)C1=O. The lowest BCUT2D eigenvalue weighted by Gasteiger charge is -2.47. The second-order valence-corrected chi connectivity index (χ2v) is 8.10. The van der Waals surface area contributed by atoms with E-state index in [-0.39, 0.29) is 29.3 Å². The molecule has 2 amide bonds. The Kier molecular flexibility index (Phi) is 5.09. The molecule has 1 fully saturated rings. The molecule has 166 valence electrons. The van der Waals surface area contributed by atoms with Crippen LogP contribution in [-0.2, 0) is 20.7 Å².